The first-order valence-electron chi connectivity index (χ1n) is 9.22. The van der Waals surface area contributed by atoms with Crippen LogP contribution in [0.3, 0.4) is 0 Å². The summed E-state index contributed by atoms with van der Waals surface area (Å²) in [5, 5.41) is 21.9. The van der Waals surface area contributed by atoms with E-state index in [2.05, 4.69) is 0 Å². The number of amides is 1. The van der Waals surface area contributed by atoms with Crippen molar-refractivity contribution < 1.29 is 47.7 Å². The van der Waals surface area contributed by atoms with E-state index in [0.717, 1.165) is 16.4 Å². The second-order valence-corrected chi connectivity index (χ2v) is 9.06. The number of nitrogens with zero attached hydrogens (tertiary/aromatic N) is 2. The number of carbonyl (C=O) groups is 1. The maximum atomic E-state index is 13.4. The number of sulfonamides is 1. The van der Waals surface area contributed by atoms with E-state index in [1.807, 2.05) is 0 Å². The van der Waals surface area contributed by atoms with Crippen LogP contribution in [-0.2, 0) is 27.8 Å². The number of nitro benzene ring substituents is 1. The van der Waals surface area contributed by atoms with Gasteiger partial charge in [-0.1, -0.05) is 35.9 Å². The van der Waals surface area contributed by atoms with Gasteiger partial charge in [0.1, 0.15) is 0 Å². The van der Waals surface area contributed by atoms with Crippen molar-refractivity contribution in [2.75, 3.05) is 4.31 Å². The standard InChI is InChI=1S/C21H17ClN3O6S.Na/c22-17-5-1-16(2-6-17)14-24(18-7-3-15(4-8-18)13-21(26)23-27)32(30,31)20-11-9-19(10-12-20)25(28)29;/h1-12H,13-14H2,(H-,23,26,27);/q-1;+1. The number of nitro groups is 1. The summed E-state index contributed by atoms with van der Waals surface area (Å²) < 4.78 is 28.0. The number of halogens is 1. The Labute approximate surface area is 217 Å². The van der Waals surface area contributed by atoms with Gasteiger partial charge in [0.05, 0.1) is 28.5 Å². The van der Waals surface area contributed by atoms with Crippen LogP contribution in [0, 0.1) is 15.3 Å². The van der Waals surface area contributed by atoms with E-state index in [1.165, 1.54) is 29.7 Å². The molecule has 0 radical (unpaired) electrons. The van der Waals surface area contributed by atoms with Crippen LogP contribution in [0.25, 0.3) is 0 Å². The van der Waals surface area contributed by atoms with Crippen molar-refractivity contribution in [3.8, 4) is 0 Å². The Morgan fingerprint density at radius 3 is 2.00 bits per heavy atom. The van der Waals surface area contributed by atoms with Gasteiger partial charge in [-0.15, -0.1) is 0 Å². The fraction of sp³-hybridized carbons (Fsp3) is 0.0952. The minimum absolute atomic E-state index is 0. The van der Waals surface area contributed by atoms with Crippen LogP contribution in [0.5, 0.6) is 0 Å². The summed E-state index contributed by atoms with van der Waals surface area (Å²) in [6.45, 7) is -0.0309. The van der Waals surface area contributed by atoms with Crippen LogP contribution in [0.15, 0.2) is 77.7 Å². The van der Waals surface area contributed by atoms with Crippen LogP contribution < -0.4 is 39.3 Å². The molecule has 12 heteroatoms. The zero-order valence-corrected chi connectivity index (χ0v) is 21.0. The van der Waals surface area contributed by atoms with Crippen molar-refractivity contribution in [1.82, 2.24) is 5.48 Å². The van der Waals surface area contributed by atoms with Gasteiger partial charge in [0.25, 0.3) is 15.7 Å². The Bertz CT molecular complexity index is 1220. The number of benzene rings is 3. The Morgan fingerprint density at radius 2 is 1.48 bits per heavy atom. The van der Waals surface area contributed by atoms with Crippen molar-refractivity contribution in [2.24, 2.45) is 0 Å². The average Bonchev–Trinajstić information content (AvgIpc) is 2.79. The molecule has 0 saturated heterocycles. The summed E-state index contributed by atoms with van der Waals surface area (Å²) in [5.74, 6) is -0.714. The van der Waals surface area contributed by atoms with Crippen LogP contribution >= 0.6 is 11.6 Å². The molecule has 0 atom stereocenters. The summed E-state index contributed by atoms with van der Waals surface area (Å²) in [4.78, 5) is 21.5. The molecule has 0 unspecified atom stereocenters. The summed E-state index contributed by atoms with van der Waals surface area (Å²) in [5.41, 5.74) is 2.57. The van der Waals surface area contributed by atoms with Gasteiger partial charge in [-0.2, -0.15) is 0 Å². The first-order valence-corrected chi connectivity index (χ1v) is 11.0. The fourth-order valence-electron chi connectivity index (χ4n) is 2.94. The van der Waals surface area contributed by atoms with E-state index in [4.69, 9.17) is 11.6 Å². The van der Waals surface area contributed by atoms with Crippen LogP contribution in [-0.4, -0.2) is 19.2 Å². The Balaban J connectivity index is 0.00000385. The molecule has 33 heavy (non-hydrogen) atoms. The molecule has 1 N–H and O–H groups in total. The minimum Gasteiger partial charge on any atom is -0.759 e. The molecule has 0 bridgehead atoms. The summed E-state index contributed by atoms with van der Waals surface area (Å²) in [6, 6.07) is 17.4. The van der Waals surface area contributed by atoms with Crippen molar-refractivity contribution in [3.05, 3.63) is 104 Å². The normalized spacial score (nSPS) is 10.7. The summed E-state index contributed by atoms with van der Waals surface area (Å²) in [7, 11) is -4.10. The topological polar surface area (TPSA) is 133 Å². The average molecular weight is 498 g/mol. The SMILES string of the molecule is O=C(Cc1ccc(N(Cc2ccc(Cl)cc2)S(=O)(=O)c2ccc([N+](=O)[O-])cc2)cc1)N[O-].[Na+]. The monoisotopic (exact) mass is 497 g/mol. The molecular weight excluding hydrogens is 481 g/mol. The second-order valence-electron chi connectivity index (χ2n) is 6.76. The zero-order valence-electron chi connectivity index (χ0n) is 17.5. The molecule has 0 aromatic heterocycles. The van der Waals surface area contributed by atoms with Crippen LogP contribution in [0.1, 0.15) is 11.1 Å². The molecule has 0 aliphatic carbocycles. The number of hydrogen-bond donors (Lipinski definition) is 1. The van der Waals surface area contributed by atoms with E-state index in [-0.39, 0.29) is 53.1 Å². The van der Waals surface area contributed by atoms with Crippen LogP contribution in [0.2, 0.25) is 5.02 Å². The number of non-ortho nitro benzene ring substituents is 1. The molecule has 0 heterocycles. The third-order valence-electron chi connectivity index (χ3n) is 4.58. The van der Waals surface area contributed by atoms with Gasteiger partial charge in [0.15, 0.2) is 0 Å². The number of carbonyl (C=O) groups excluding carboxylic acids is 1. The second kappa shape index (κ2) is 11.6. The molecule has 1 amide bonds. The predicted molar refractivity (Wildman–Crippen MR) is 120 cm³/mol. The third kappa shape index (κ3) is 6.76. The Kier molecular flexibility index (Phi) is 9.41. The van der Waals surface area contributed by atoms with Crippen molar-refractivity contribution in [2.45, 2.75) is 17.9 Å². The largest absolute Gasteiger partial charge is 1.00 e. The third-order valence-corrected chi connectivity index (χ3v) is 6.62. The molecule has 3 aromatic rings. The predicted octanol–water partition coefficient (Wildman–Crippen LogP) is 0.804. The quantitative estimate of drug-likeness (QED) is 0.278. The van der Waals surface area contributed by atoms with Crippen molar-refractivity contribution in [1.29, 1.82) is 0 Å². The van der Waals surface area contributed by atoms with Gasteiger partial charge < -0.3 is 10.7 Å². The van der Waals surface area contributed by atoms with E-state index < -0.39 is 20.9 Å². The van der Waals surface area contributed by atoms with Gasteiger partial charge >= 0.3 is 29.6 Å². The van der Waals surface area contributed by atoms with E-state index in [9.17, 15) is 28.5 Å². The molecule has 0 aliphatic heterocycles. The molecule has 3 aromatic carbocycles. The fourth-order valence-corrected chi connectivity index (χ4v) is 4.52. The molecular formula is C21H17ClN3NaO6S. The van der Waals surface area contributed by atoms with Crippen molar-refractivity contribution in [3.63, 3.8) is 0 Å². The van der Waals surface area contributed by atoms with E-state index >= 15 is 0 Å². The zero-order chi connectivity index (χ0) is 23.3. The van der Waals surface area contributed by atoms with Crippen molar-refractivity contribution >= 4 is 38.9 Å². The number of nitrogens with one attached hydrogen (secondary N) is 1. The number of rotatable bonds is 8. The van der Waals surface area contributed by atoms with Gasteiger partial charge in [-0.3, -0.25) is 19.2 Å². The van der Waals surface area contributed by atoms with Gasteiger partial charge in [0.2, 0.25) is 5.91 Å². The summed E-state index contributed by atoms with van der Waals surface area (Å²) >= 11 is 5.92. The maximum Gasteiger partial charge on any atom is 1.00 e. The molecule has 3 rings (SSSR count). The molecule has 0 fully saturated rings. The number of anilines is 1. The van der Waals surface area contributed by atoms with Gasteiger partial charge in [-0.25, -0.2) is 8.42 Å². The van der Waals surface area contributed by atoms with E-state index in [0.29, 0.717) is 21.8 Å². The van der Waals surface area contributed by atoms with Gasteiger partial charge in [-0.05, 0) is 47.5 Å². The Morgan fingerprint density at radius 1 is 0.939 bits per heavy atom. The molecule has 166 valence electrons. The Hall–Kier alpha value is -2.47. The first-order chi connectivity index (χ1) is 15.2. The molecule has 0 saturated carbocycles. The number of hydrogen-bond acceptors (Lipinski definition) is 6. The first kappa shape index (κ1) is 26.8. The maximum absolute atomic E-state index is 13.4. The van der Waals surface area contributed by atoms with Crippen LogP contribution in [0.4, 0.5) is 11.4 Å². The minimum atomic E-state index is -4.10. The smallest absolute Gasteiger partial charge is 0.759 e. The van der Waals surface area contributed by atoms with E-state index in [1.54, 1.807) is 36.4 Å². The molecule has 0 aliphatic rings. The molecule has 0 spiro atoms. The molecule has 9 nitrogen and oxygen atoms in total. The number of hydroxylamine groups is 1. The van der Waals surface area contributed by atoms with Gasteiger partial charge in [0, 0.05) is 17.2 Å². The summed E-state index contributed by atoms with van der Waals surface area (Å²) in [6.07, 6.45) is -0.143.